The molecule has 0 aromatic carbocycles. The summed E-state index contributed by atoms with van der Waals surface area (Å²) in [6.07, 6.45) is 0. The van der Waals surface area contributed by atoms with Gasteiger partial charge in [0.05, 0.1) is 11.6 Å². The summed E-state index contributed by atoms with van der Waals surface area (Å²) in [5, 5.41) is 18.5. The molecule has 0 aromatic rings. The van der Waals surface area contributed by atoms with Gasteiger partial charge in [-0.3, -0.25) is 4.79 Å². The Balaban J connectivity index is 3.57. The second-order valence-corrected chi connectivity index (χ2v) is 2.28. The highest BCUT2D eigenvalue weighted by Crippen LogP contribution is 1.84. The lowest BCUT2D eigenvalue weighted by atomic mass is 10.6. The number of rotatable bonds is 5. The van der Waals surface area contributed by atoms with E-state index in [4.69, 9.17) is 0 Å². The third kappa shape index (κ3) is 8.17. The largest absolute Gasteiger partial charge is 0.354 e. The molecule has 8 nitrogen and oxygen atoms in total. The van der Waals surface area contributed by atoms with Gasteiger partial charge in [0.15, 0.2) is 5.22 Å². The van der Waals surface area contributed by atoms with E-state index >= 15 is 0 Å². The van der Waals surface area contributed by atoms with Crippen molar-refractivity contribution in [1.82, 2.24) is 10.3 Å². The Hall–Kier alpha value is -1.73. The quantitative estimate of drug-likeness (QED) is 0.361. The Morgan fingerprint density at radius 1 is 1.69 bits per heavy atom. The maximum absolute atomic E-state index is 10.4. The maximum Gasteiger partial charge on any atom is 0.216 e. The van der Waals surface area contributed by atoms with E-state index in [1.165, 1.54) is 19.0 Å². The third-order valence-electron chi connectivity index (χ3n) is 1.08. The molecule has 0 atom stereocenters. The molecule has 0 aliphatic rings. The molecular formula is C5H11N5O3. The van der Waals surface area contributed by atoms with Crippen LogP contribution in [0.4, 0.5) is 0 Å². The molecule has 0 fully saturated rings. The highest BCUT2D eigenvalue weighted by Gasteiger charge is 2.00. The SMILES string of the molecule is CC(=O)NCCN(C)N=N[N+](=O)[O-]. The lowest BCUT2D eigenvalue weighted by Gasteiger charge is -2.04. The number of hydrogen-bond acceptors (Lipinski definition) is 4. The zero-order valence-corrected chi connectivity index (χ0v) is 7.43. The molecule has 0 heterocycles. The van der Waals surface area contributed by atoms with Crippen molar-refractivity contribution < 1.29 is 9.83 Å². The average molecular weight is 189 g/mol. The van der Waals surface area contributed by atoms with Crippen LogP contribution >= 0.6 is 0 Å². The Morgan fingerprint density at radius 2 is 2.31 bits per heavy atom. The molecule has 0 aromatic heterocycles. The van der Waals surface area contributed by atoms with Crippen LogP contribution < -0.4 is 5.32 Å². The minimum atomic E-state index is -0.894. The van der Waals surface area contributed by atoms with Crippen LogP contribution in [0.3, 0.4) is 0 Å². The van der Waals surface area contributed by atoms with Crippen molar-refractivity contribution in [3.05, 3.63) is 10.1 Å². The minimum absolute atomic E-state index is 0.153. The molecule has 0 aliphatic heterocycles. The van der Waals surface area contributed by atoms with Crippen molar-refractivity contribution in [3.63, 3.8) is 0 Å². The second-order valence-electron chi connectivity index (χ2n) is 2.28. The summed E-state index contributed by atoms with van der Waals surface area (Å²) < 4.78 is 0. The summed E-state index contributed by atoms with van der Waals surface area (Å²) >= 11 is 0. The molecular weight excluding hydrogens is 178 g/mol. The third-order valence-corrected chi connectivity index (χ3v) is 1.08. The van der Waals surface area contributed by atoms with Crippen LogP contribution in [0.2, 0.25) is 0 Å². The zero-order chi connectivity index (χ0) is 10.3. The molecule has 13 heavy (non-hydrogen) atoms. The smallest absolute Gasteiger partial charge is 0.216 e. The van der Waals surface area contributed by atoms with Gasteiger partial charge >= 0.3 is 0 Å². The van der Waals surface area contributed by atoms with E-state index in [0.29, 0.717) is 13.1 Å². The minimum Gasteiger partial charge on any atom is -0.354 e. The number of nitrogens with one attached hydrogen (secondary N) is 1. The first-order valence-corrected chi connectivity index (χ1v) is 3.54. The molecule has 0 radical (unpaired) electrons. The highest BCUT2D eigenvalue weighted by atomic mass is 16.7. The van der Waals surface area contributed by atoms with Crippen LogP contribution in [0.1, 0.15) is 6.92 Å². The summed E-state index contributed by atoms with van der Waals surface area (Å²) in [5.41, 5.74) is 0. The van der Waals surface area contributed by atoms with Gasteiger partial charge in [0.1, 0.15) is 0 Å². The molecule has 1 N–H and O–H groups in total. The summed E-state index contributed by atoms with van der Waals surface area (Å²) in [6.45, 7) is 2.14. The monoisotopic (exact) mass is 189 g/mol. The molecule has 0 rings (SSSR count). The van der Waals surface area contributed by atoms with Crippen molar-refractivity contribution >= 4 is 5.91 Å². The van der Waals surface area contributed by atoms with Gasteiger partial charge in [0.2, 0.25) is 11.1 Å². The number of amides is 1. The normalized spacial score (nSPS) is 10.0. The van der Waals surface area contributed by atoms with Crippen LogP contribution in [0.15, 0.2) is 10.4 Å². The number of nitrogens with zero attached hydrogens (tertiary/aromatic N) is 4. The Morgan fingerprint density at radius 3 is 2.77 bits per heavy atom. The van der Waals surface area contributed by atoms with E-state index < -0.39 is 5.03 Å². The van der Waals surface area contributed by atoms with Crippen molar-refractivity contribution in [3.8, 4) is 0 Å². The van der Waals surface area contributed by atoms with Gasteiger partial charge in [-0.2, -0.15) is 5.01 Å². The summed E-state index contributed by atoms with van der Waals surface area (Å²) in [7, 11) is 1.52. The second kappa shape index (κ2) is 5.86. The van der Waals surface area contributed by atoms with E-state index in [0.717, 1.165) is 0 Å². The van der Waals surface area contributed by atoms with Crippen molar-refractivity contribution in [2.75, 3.05) is 20.1 Å². The predicted molar refractivity (Wildman–Crippen MR) is 43.2 cm³/mol. The van der Waals surface area contributed by atoms with E-state index in [1.54, 1.807) is 0 Å². The van der Waals surface area contributed by atoms with E-state index in [9.17, 15) is 14.9 Å². The lowest BCUT2D eigenvalue weighted by Crippen LogP contribution is -2.29. The molecule has 74 valence electrons. The molecule has 8 heteroatoms. The molecule has 0 bridgehead atoms. The zero-order valence-electron chi connectivity index (χ0n) is 7.43. The number of hydrogen-bond donors (Lipinski definition) is 1. The Bertz CT molecular complexity index is 216. The van der Waals surface area contributed by atoms with Gasteiger partial charge in [-0.25, -0.2) is 0 Å². The summed E-state index contributed by atoms with van der Waals surface area (Å²) in [5.74, 6) is -0.153. The number of likely N-dealkylation sites (N-methyl/N-ethyl adjacent to an activating group) is 1. The first-order chi connectivity index (χ1) is 6.02. The highest BCUT2D eigenvalue weighted by molar-refractivity contribution is 5.72. The van der Waals surface area contributed by atoms with Crippen LogP contribution in [-0.2, 0) is 4.79 Å². The van der Waals surface area contributed by atoms with Crippen molar-refractivity contribution in [2.24, 2.45) is 10.4 Å². The number of carbonyl (C=O) groups is 1. The van der Waals surface area contributed by atoms with Crippen LogP contribution in [-0.4, -0.2) is 36.1 Å². The van der Waals surface area contributed by atoms with Gasteiger partial charge in [0, 0.05) is 20.5 Å². The number of nitro groups is 1. The average Bonchev–Trinajstić information content (AvgIpc) is 2.00. The predicted octanol–water partition coefficient (Wildman–Crippen LogP) is -0.387. The first-order valence-electron chi connectivity index (χ1n) is 3.54. The Kier molecular flexibility index (Phi) is 5.08. The lowest BCUT2D eigenvalue weighted by molar-refractivity contribution is -0.496. The van der Waals surface area contributed by atoms with Crippen LogP contribution in [0.5, 0.6) is 0 Å². The molecule has 1 amide bonds. The number of carbonyl (C=O) groups excluding carboxylic acids is 1. The van der Waals surface area contributed by atoms with Crippen LogP contribution in [0, 0.1) is 10.1 Å². The maximum atomic E-state index is 10.4. The van der Waals surface area contributed by atoms with E-state index in [1.807, 2.05) is 0 Å². The molecule has 0 saturated heterocycles. The van der Waals surface area contributed by atoms with E-state index in [-0.39, 0.29) is 5.91 Å². The van der Waals surface area contributed by atoms with Gasteiger partial charge in [-0.1, -0.05) is 0 Å². The van der Waals surface area contributed by atoms with Crippen molar-refractivity contribution in [2.45, 2.75) is 6.92 Å². The van der Waals surface area contributed by atoms with Gasteiger partial charge in [-0.15, -0.1) is 0 Å². The summed E-state index contributed by atoms with van der Waals surface area (Å²) in [6, 6.07) is 0. The van der Waals surface area contributed by atoms with Crippen LogP contribution in [0.25, 0.3) is 0 Å². The molecule has 0 unspecified atom stereocenters. The Labute approximate surface area is 74.7 Å². The fourth-order valence-corrected chi connectivity index (χ4v) is 0.539. The summed E-state index contributed by atoms with van der Waals surface area (Å²) in [4.78, 5) is 20.1. The first kappa shape index (κ1) is 11.3. The fourth-order valence-electron chi connectivity index (χ4n) is 0.539. The van der Waals surface area contributed by atoms with E-state index in [2.05, 4.69) is 15.8 Å². The molecule has 0 aliphatic carbocycles. The molecule has 0 saturated carbocycles. The molecule has 0 spiro atoms. The topological polar surface area (TPSA) is 100 Å². The van der Waals surface area contributed by atoms with Gasteiger partial charge in [-0.05, 0) is 0 Å². The van der Waals surface area contributed by atoms with Crippen molar-refractivity contribution in [1.29, 1.82) is 0 Å². The van der Waals surface area contributed by atoms with Gasteiger partial charge < -0.3 is 15.4 Å². The standard InChI is InChI=1S/C5H11N5O3/c1-5(11)6-3-4-9(2)7-8-10(12)13/h3-4H2,1-2H3,(H,6,11). The van der Waals surface area contributed by atoms with Gasteiger partial charge in [0.25, 0.3) is 0 Å². The fraction of sp³-hybridized carbons (Fsp3) is 0.800.